The van der Waals surface area contributed by atoms with Gasteiger partial charge < -0.3 is 16.4 Å². The number of carbonyl (C=O) groups excluding carboxylic acids is 2. The summed E-state index contributed by atoms with van der Waals surface area (Å²) in [5.74, 6) is -0.197. The third kappa shape index (κ3) is 3.78. The zero-order chi connectivity index (χ0) is 16.2. The normalized spacial score (nSPS) is 17.7. The Kier molecular flexibility index (Phi) is 5.06. The highest BCUT2D eigenvalue weighted by Gasteiger charge is 2.36. The van der Waals surface area contributed by atoms with Crippen molar-refractivity contribution in [2.45, 2.75) is 51.0 Å². The molecule has 0 spiro atoms. The van der Waals surface area contributed by atoms with Crippen LogP contribution >= 0.6 is 0 Å². The number of rotatable bonds is 5. The monoisotopic (exact) mass is 303 g/mol. The Morgan fingerprint density at radius 1 is 1.32 bits per heavy atom. The number of amides is 3. The summed E-state index contributed by atoms with van der Waals surface area (Å²) >= 11 is 0. The summed E-state index contributed by atoms with van der Waals surface area (Å²) in [4.78, 5) is 22.9. The summed E-state index contributed by atoms with van der Waals surface area (Å²) in [6.45, 7) is 4.32. The second-order valence-corrected chi connectivity index (χ2v) is 6.30. The van der Waals surface area contributed by atoms with Crippen LogP contribution in [0.3, 0.4) is 0 Å². The minimum atomic E-state index is -0.683. The lowest BCUT2D eigenvalue weighted by molar-refractivity contribution is -0.122. The molecular weight excluding hydrogens is 278 g/mol. The lowest BCUT2D eigenvalue weighted by atomic mass is 9.78. The highest BCUT2D eigenvalue weighted by molar-refractivity contribution is 5.86. The standard InChI is InChI=1S/C17H25N3O2/c1-12-6-5-7-14(10-12)17(8-3-4-9-17)11-19-15(21)13(2)20-16(18)22/h5-7,10,13H,3-4,8-9,11H2,1-2H3,(H,19,21)(H3,18,20,22)/t13-/m1/s1. The van der Waals surface area contributed by atoms with E-state index in [0.717, 1.165) is 12.8 Å². The van der Waals surface area contributed by atoms with Crippen LogP contribution in [0.2, 0.25) is 0 Å². The molecule has 4 N–H and O–H groups in total. The number of urea groups is 1. The molecule has 1 atom stereocenters. The van der Waals surface area contributed by atoms with E-state index < -0.39 is 12.1 Å². The van der Waals surface area contributed by atoms with E-state index in [0.29, 0.717) is 6.54 Å². The van der Waals surface area contributed by atoms with Gasteiger partial charge in [-0.2, -0.15) is 0 Å². The van der Waals surface area contributed by atoms with Crippen LogP contribution in [0.4, 0.5) is 4.79 Å². The van der Waals surface area contributed by atoms with Crippen LogP contribution in [0.5, 0.6) is 0 Å². The fraction of sp³-hybridized carbons (Fsp3) is 0.529. The second kappa shape index (κ2) is 6.81. The molecule has 1 aromatic carbocycles. The highest BCUT2D eigenvalue weighted by atomic mass is 16.2. The van der Waals surface area contributed by atoms with Gasteiger partial charge in [0.1, 0.15) is 6.04 Å². The van der Waals surface area contributed by atoms with Gasteiger partial charge in [0.05, 0.1) is 0 Å². The Morgan fingerprint density at radius 2 is 2.00 bits per heavy atom. The van der Waals surface area contributed by atoms with Crippen LogP contribution in [0.15, 0.2) is 24.3 Å². The average Bonchev–Trinajstić information content (AvgIpc) is 2.94. The quantitative estimate of drug-likeness (QED) is 0.777. The smallest absolute Gasteiger partial charge is 0.312 e. The maximum Gasteiger partial charge on any atom is 0.312 e. The Morgan fingerprint density at radius 3 is 2.59 bits per heavy atom. The molecule has 0 bridgehead atoms. The van der Waals surface area contributed by atoms with Crippen LogP contribution in [0.1, 0.15) is 43.7 Å². The van der Waals surface area contributed by atoms with Gasteiger partial charge in [-0.3, -0.25) is 4.79 Å². The highest BCUT2D eigenvalue weighted by Crippen LogP contribution is 2.40. The molecule has 1 aromatic rings. The van der Waals surface area contributed by atoms with Gasteiger partial charge in [-0.25, -0.2) is 4.79 Å². The third-order valence-electron chi connectivity index (χ3n) is 4.54. The summed E-state index contributed by atoms with van der Waals surface area (Å²) in [6, 6.07) is 7.22. The second-order valence-electron chi connectivity index (χ2n) is 6.30. The number of benzene rings is 1. The van der Waals surface area contributed by atoms with Crippen LogP contribution in [-0.4, -0.2) is 24.5 Å². The zero-order valence-electron chi connectivity index (χ0n) is 13.3. The SMILES string of the molecule is Cc1cccc(C2(CNC(=O)[C@@H](C)NC(N)=O)CCCC2)c1. The summed E-state index contributed by atoms with van der Waals surface area (Å²) in [5.41, 5.74) is 7.59. The zero-order valence-corrected chi connectivity index (χ0v) is 13.3. The minimum absolute atomic E-state index is 0.00806. The average molecular weight is 303 g/mol. The first kappa shape index (κ1) is 16.3. The number of primary amides is 1. The molecule has 0 radical (unpaired) electrons. The number of nitrogens with two attached hydrogens (primary N) is 1. The van der Waals surface area contributed by atoms with Crippen LogP contribution in [-0.2, 0) is 10.2 Å². The van der Waals surface area contributed by atoms with Gasteiger partial charge in [-0.05, 0) is 32.3 Å². The van der Waals surface area contributed by atoms with Crippen LogP contribution < -0.4 is 16.4 Å². The maximum absolute atomic E-state index is 12.1. The van der Waals surface area contributed by atoms with Crippen LogP contribution in [0, 0.1) is 6.92 Å². The predicted octanol–water partition coefficient (Wildman–Crippen LogP) is 1.98. The first-order valence-corrected chi connectivity index (χ1v) is 7.84. The molecule has 0 aromatic heterocycles. The largest absolute Gasteiger partial charge is 0.353 e. The molecule has 5 nitrogen and oxygen atoms in total. The van der Waals surface area contributed by atoms with Crippen LogP contribution in [0.25, 0.3) is 0 Å². The van der Waals surface area contributed by atoms with Gasteiger partial charge in [0.2, 0.25) is 5.91 Å². The van der Waals surface area contributed by atoms with Crippen molar-refractivity contribution in [2.24, 2.45) is 5.73 Å². The molecule has 1 aliphatic carbocycles. The Hall–Kier alpha value is -2.04. The van der Waals surface area contributed by atoms with Gasteiger partial charge in [0.25, 0.3) is 0 Å². The Labute approximate surface area is 131 Å². The number of carbonyl (C=O) groups is 2. The molecule has 3 amide bonds. The van der Waals surface area contributed by atoms with Crippen molar-refractivity contribution in [3.63, 3.8) is 0 Å². The molecule has 1 saturated carbocycles. The molecular formula is C17H25N3O2. The fourth-order valence-corrected chi connectivity index (χ4v) is 3.28. The number of aryl methyl sites for hydroxylation is 1. The van der Waals surface area contributed by atoms with Crippen molar-refractivity contribution in [2.75, 3.05) is 6.54 Å². The van der Waals surface area contributed by atoms with E-state index in [2.05, 4.69) is 41.8 Å². The van der Waals surface area contributed by atoms with E-state index in [1.165, 1.54) is 24.0 Å². The summed E-state index contributed by atoms with van der Waals surface area (Å²) < 4.78 is 0. The summed E-state index contributed by atoms with van der Waals surface area (Å²) in [5, 5.41) is 5.39. The summed E-state index contributed by atoms with van der Waals surface area (Å²) in [6.07, 6.45) is 4.51. The van der Waals surface area contributed by atoms with E-state index in [4.69, 9.17) is 5.73 Å². The number of hydrogen-bond acceptors (Lipinski definition) is 2. The summed E-state index contributed by atoms with van der Waals surface area (Å²) in [7, 11) is 0. The van der Waals surface area contributed by atoms with Crippen molar-refractivity contribution in [3.8, 4) is 0 Å². The van der Waals surface area contributed by atoms with Crippen molar-refractivity contribution in [1.82, 2.24) is 10.6 Å². The molecule has 0 aliphatic heterocycles. The topological polar surface area (TPSA) is 84.2 Å². The number of nitrogens with one attached hydrogen (secondary N) is 2. The van der Waals surface area contributed by atoms with Gasteiger partial charge in [-0.15, -0.1) is 0 Å². The fourth-order valence-electron chi connectivity index (χ4n) is 3.28. The molecule has 0 unspecified atom stereocenters. The number of hydrogen-bond donors (Lipinski definition) is 3. The Bertz CT molecular complexity index is 551. The molecule has 0 heterocycles. The molecule has 1 fully saturated rings. The van der Waals surface area contributed by atoms with Crippen molar-refractivity contribution in [1.29, 1.82) is 0 Å². The van der Waals surface area contributed by atoms with E-state index in [1.54, 1.807) is 6.92 Å². The first-order chi connectivity index (χ1) is 10.4. The molecule has 2 rings (SSSR count). The van der Waals surface area contributed by atoms with E-state index in [9.17, 15) is 9.59 Å². The molecule has 1 aliphatic rings. The Balaban J connectivity index is 2.06. The predicted molar refractivity (Wildman–Crippen MR) is 86.5 cm³/mol. The molecule has 120 valence electrons. The van der Waals surface area contributed by atoms with Crippen molar-refractivity contribution < 1.29 is 9.59 Å². The third-order valence-corrected chi connectivity index (χ3v) is 4.54. The van der Waals surface area contributed by atoms with Crippen molar-refractivity contribution in [3.05, 3.63) is 35.4 Å². The van der Waals surface area contributed by atoms with E-state index in [-0.39, 0.29) is 11.3 Å². The minimum Gasteiger partial charge on any atom is -0.353 e. The maximum atomic E-state index is 12.1. The molecule has 5 heteroatoms. The van der Waals surface area contributed by atoms with E-state index >= 15 is 0 Å². The lowest BCUT2D eigenvalue weighted by Crippen LogP contribution is -2.49. The van der Waals surface area contributed by atoms with Crippen molar-refractivity contribution >= 4 is 11.9 Å². The molecule has 22 heavy (non-hydrogen) atoms. The van der Waals surface area contributed by atoms with Gasteiger partial charge in [0.15, 0.2) is 0 Å². The lowest BCUT2D eigenvalue weighted by Gasteiger charge is -2.31. The van der Waals surface area contributed by atoms with Gasteiger partial charge in [-0.1, -0.05) is 42.7 Å². The van der Waals surface area contributed by atoms with Gasteiger partial charge in [0, 0.05) is 12.0 Å². The molecule has 0 saturated heterocycles. The first-order valence-electron chi connectivity index (χ1n) is 7.84. The van der Waals surface area contributed by atoms with E-state index in [1.807, 2.05) is 0 Å². The van der Waals surface area contributed by atoms with Gasteiger partial charge >= 0.3 is 6.03 Å².